The minimum Gasteiger partial charge on any atom is -0.462 e. The van der Waals surface area contributed by atoms with Gasteiger partial charge in [-0.25, -0.2) is 4.84 Å². The van der Waals surface area contributed by atoms with E-state index in [9.17, 15) is 14.4 Å². The van der Waals surface area contributed by atoms with Crippen LogP contribution in [0, 0.1) is 35.5 Å². The van der Waals surface area contributed by atoms with Crippen LogP contribution in [0.5, 0.6) is 0 Å². The largest absolute Gasteiger partial charge is 0.462 e. The van der Waals surface area contributed by atoms with Crippen molar-refractivity contribution < 1.29 is 28.6 Å². The zero-order valence-electron chi connectivity index (χ0n) is 32.4. The first kappa shape index (κ1) is 48.2. The summed E-state index contributed by atoms with van der Waals surface area (Å²) in [5, 5.41) is 0.194. The van der Waals surface area contributed by atoms with Gasteiger partial charge in [-0.2, -0.15) is 0 Å². The Hall–Kier alpha value is -0.760. The molecule has 0 spiro atoms. The van der Waals surface area contributed by atoms with E-state index >= 15 is 0 Å². The van der Waals surface area contributed by atoms with Crippen molar-refractivity contribution in [1.82, 2.24) is 4.84 Å². The summed E-state index contributed by atoms with van der Waals surface area (Å²) in [5.74, 6) is 3.31. The molecule has 0 saturated heterocycles. The van der Waals surface area contributed by atoms with Crippen molar-refractivity contribution in [3.63, 3.8) is 0 Å². The Bertz CT molecular complexity index is 881. The third kappa shape index (κ3) is 25.0. The van der Waals surface area contributed by atoms with E-state index in [2.05, 4.69) is 46.4 Å². The number of alkyl halides is 2. The van der Waals surface area contributed by atoms with Gasteiger partial charge in [-0.15, -0.1) is 23.2 Å². The lowest BCUT2D eigenvalue weighted by atomic mass is 9.75. The normalized spacial score (nSPS) is 23.9. The van der Waals surface area contributed by atoms with Crippen molar-refractivity contribution in [1.29, 1.82) is 0 Å². The summed E-state index contributed by atoms with van der Waals surface area (Å²) in [6.07, 6.45) is 15.1. The fraction of sp³-hybridized carbons (Fsp3) is 0.923. The monoisotopic (exact) mass is 755 g/mol. The van der Waals surface area contributed by atoms with E-state index in [-0.39, 0.29) is 35.5 Å². The predicted octanol–water partition coefficient (Wildman–Crippen LogP) is 11.4. The third-order valence-electron chi connectivity index (χ3n) is 9.57. The van der Waals surface area contributed by atoms with Gasteiger partial charge in [0.15, 0.2) is 0 Å². The Kier molecular flexibility index (Phi) is 27.4. The molecule has 0 heterocycles. The van der Waals surface area contributed by atoms with Gasteiger partial charge in [0.05, 0.1) is 5.34 Å². The second kappa shape index (κ2) is 27.8. The van der Waals surface area contributed by atoms with Crippen molar-refractivity contribution in [2.45, 2.75) is 183 Å². The van der Waals surface area contributed by atoms with Crippen molar-refractivity contribution in [2.24, 2.45) is 35.5 Å². The second-order valence-corrected chi connectivity index (χ2v) is 17.1. The van der Waals surface area contributed by atoms with Crippen molar-refractivity contribution in [2.75, 3.05) is 11.9 Å². The molecule has 0 aliphatic heterocycles. The van der Waals surface area contributed by atoms with Crippen LogP contribution in [0.4, 0.5) is 0 Å². The topological polar surface area (TPSA) is 90.9 Å². The van der Waals surface area contributed by atoms with Gasteiger partial charge < -0.3 is 14.2 Å². The smallest absolute Gasteiger partial charge is 0.306 e. The van der Waals surface area contributed by atoms with Gasteiger partial charge in [0.2, 0.25) is 0 Å². The average molecular weight is 757 g/mol. The van der Waals surface area contributed by atoms with Gasteiger partial charge in [0, 0.05) is 25.8 Å². The molecule has 0 unspecified atom stereocenters. The molecule has 6 atom stereocenters. The van der Waals surface area contributed by atoms with E-state index in [4.69, 9.17) is 49.2 Å². The van der Waals surface area contributed by atoms with Gasteiger partial charge in [0.1, 0.15) is 17.8 Å². The molecule has 10 heteroatoms. The molecule has 2 rings (SSSR count). The lowest BCUT2D eigenvalue weighted by Gasteiger charge is -2.36. The summed E-state index contributed by atoms with van der Waals surface area (Å²) in [7, 11) is 0. The molecule has 0 aromatic heterocycles. The summed E-state index contributed by atoms with van der Waals surface area (Å²) < 4.78 is 16.9. The molecule has 0 aromatic rings. The van der Waals surface area contributed by atoms with Crippen LogP contribution in [0.15, 0.2) is 0 Å². The highest BCUT2D eigenvalue weighted by Crippen LogP contribution is 2.36. The summed E-state index contributed by atoms with van der Waals surface area (Å²) in [6.45, 7) is 19.9. The number of carbonyl (C=O) groups excluding carboxylic acids is 3. The molecule has 7 nitrogen and oxygen atoms in total. The molecule has 49 heavy (non-hydrogen) atoms. The molecular formula is C39H72Cl3NO6. The molecular weight excluding hydrogens is 685 g/mol. The van der Waals surface area contributed by atoms with E-state index in [0.717, 1.165) is 64.3 Å². The van der Waals surface area contributed by atoms with Gasteiger partial charge in [-0.1, -0.05) is 73.6 Å². The summed E-state index contributed by atoms with van der Waals surface area (Å²) in [5.41, 5.74) is -0.411. The first-order valence-electron chi connectivity index (χ1n) is 19.1. The van der Waals surface area contributed by atoms with Crippen molar-refractivity contribution in [3.8, 4) is 0 Å². The Morgan fingerprint density at radius 1 is 0.653 bits per heavy atom. The molecule has 0 amide bonds. The minimum atomic E-state index is -0.411. The number of nitrogens with one attached hydrogen (secondary N) is 1. The molecule has 2 aliphatic carbocycles. The van der Waals surface area contributed by atoms with E-state index < -0.39 is 5.60 Å². The maximum atomic E-state index is 12.2. The van der Waals surface area contributed by atoms with Crippen LogP contribution in [0.25, 0.3) is 0 Å². The summed E-state index contributed by atoms with van der Waals surface area (Å²) >= 11 is 14.9. The predicted molar refractivity (Wildman–Crippen MR) is 205 cm³/mol. The van der Waals surface area contributed by atoms with Gasteiger partial charge >= 0.3 is 17.9 Å². The van der Waals surface area contributed by atoms with Crippen LogP contribution >= 0.6 is 35.0 Å². The number of hydrogen-bond donors (Lipinski definition) is 1. The second-order valence-electron chi connectivity index (χ2n) is 16.0. The minimum absolute atomic E-state index is 0.0198. The highest BCUT2D eigenvalue weighted by molar-refractivity contribution is 6.40. The maximum absolute atomic E-state index is 12.2. The average Bonchev–Trinajstić information content (AvgIpc) is 2.98. The van der Waals surface area contributed by atoms with Crippen LogP contribution in [0.1, 0.15) is 165 Å². The molecule has 290 valence electrons. The molecule has 0 radical (unpaired) electrons. The Morgan fingerprint density at radius 3 is 1.37 bits per heavy atom. The zero-order valence-corrected chi connectivity index (χ0v) is 34.7. The zero-order chi connectivity index (χ0) is 37.4. The maximum Gasteiger partial charge on any atom is 0.306 e. The van der Waals surface area contributed by atoms with Crippen LogP contribution in [-0.4, -0.2) is 47.6 Å². The van der Waals surface area contributed by atoms with Crippen LogP contribution in [-0.2, 0) is 28.6 Å². The van der Waals surface area contributed by atoms with Crippen LogP contribution < -0.4 is 4.84 Å². The summed E-state index contributed by atoms with van der Waals surface area (Å²) in [4.78, 5) is 38.4. The molecule has 2 saturated carbocycles. The first-order chi connectivity index (χ1) is 23.0. The number of halogens is 3. The molecule has 2 fully saturated rings. The quantitative estimate of drug-likeness (QED) is 0.0519. The number of unbranched alkanes of at least 4 members (excludes halogenated alkanes) is 5. The van der Waals surface area contributed by atoms with E-state index in [1.165, 1.54) is 25.7 Å². The lowest BCUT2D eigenvalue weighted by Crippen LogP contribution is -2.35. The number of ether oxygens (including phenoxy) is 3. The Labute approximate surface area is 315 Å². The highest BCUT2D eigenvalue weighted by atomic mass is 35.5. The highest BCUT2D eigenvalue weighted by Gasteiger charge is 2.34. The van der Waals surface area contributed by atoms with Crippen molar-refractivity contribution >= 4 is 52.9 Å². The number of rotatable bonds is 17. The number of esters is 3. The van der Waals surface area contributed by atoms with E-state index in [0.29, 0.717) is 54.8 Å². The molecule has 0 aromatic carbocycles. The molecule has 2 aliphatic rings. The van der Waals surface area contributed by atoms with Gasteiger partial charge in [-0.05, 0) is 119 Å². The van der Waals surface area contributed by atoms with Gasteiger partial charge in [-0.3, -0.25) is 14.4 Å². The number of hydrogen-bond acceptors (Lipinski definition) is 7. The molecule has 1 N–H and O–H groups in total. The van der Waals surface area contributed by atoms with Gasteiger partial charge in [0.25, 0.3) is 0 Å². The Morgan fingerprint density at radius 2 is 1.02 bits per heavy atom. The molecule has 0 bridgehead atoms. The van der Waals surface area contributed by atoms with E-state index in [1.54, 1.807) is 0 Å². The lowest BCUT2D eigenvalue weighted by molar-refractivity contribution is -0.157. The SMILES string of the molecule is CC(C)[C@@H]1CC[C@@H](C)C[C@H]1OC(=O)CCCCCCC(=O)OC(C)(C)C.CC(C)[C@@H]1CC[C@@H](C)C[C@H]1OC(=O)CCCCCNCl.ClCCl. The number of carbonyl (C=O) groups is 3. The van der Waals surface area contributed by atoms with E-state index in [1.807, 2.05) is 20.8 Å². The van der Waals surface area contributed by atoms with Crippen LogP contribution in [0.3, 0.4) is 0 Å². The first-order valence-corrected chi connectivity index (χ1v) is 20.5. The third-order valence-corrected chi connectivity index (χ3v) is 9.76. The fourth-order valence-electron chi connectivity index (χ4n) is 6.88. The van der Waals surface area contributed by atoms with Crippen molar-refractivity contribution in [3.05, 3.63) is 0 Å². The fourth-order valence-corrected chi connectivity index (χ4v) is 7.01. The Balaban J connectivity index is 0.000000895. The standard InChI is InChI=1S/C22H40O4.C16H30ClNO2.CH2Cl2/c1-16(2)18-14-13-17(3)15-19(18)25-20(23)11-9-7-8-10-12-21(24)26-22(4,5)6;1-12(2)14-9-8-13(3)11-15(14)20-16(19)7-5-4-6-10-18-17;2-1-3/h16-19H,7-15H2,1-6H3;12-15,18H,4-11H2,1-3H3;1H2/t17-,18+,19-;13-,14+,15-;/m11./s1. The van der Waals surface area contributed by atoms with Crippen LogP contribution in [0.2, 0.25) is 0 Å². The summed E-state index contributed by atoms with van der Waals surface area (Å²) in [6, 6.07) is 0.